The van der Waals surface area contributed by atoms with Gasteiger partial charge in [0, 0.05) is 5.56 Å². The first kappa shape index (κ1) is 27.6. The molecule has 11 unspecified atom stereocenters. The van der Waals surface area contributed by atoms with E-state index in [0.717, 1.165) is 36.6 Å². The predicted molar refractivity (Wildman–Crippen MR) is 166 cm³/mol. The number of fused-ring (bicyclic) bond motifs is 6. The van der Waals surface area contributed by atoms with Crippen LogP contribution in [0.15, 0.2) is 46.9 Å². The molecule has 4 heteroatoms. The van der Waals surface area contributed by atoms with Crippen molar-refractivity contribution in [1.29, 1.82) is 0 Å². The van der Waals surface area contributed by atoms with Gasteiger partial charge in [0.25, 0.3) is 0 Å². The van der Waals surface area contributed by atoms with Crippen LogP contribution in [0.5, 0.6) is 0 Å². The highest BCUT2D eigenvalue weighted by molar-refractivity contribution is 5.52. The molecule has 226 valence electrons. The molecule has 4 nitrogen and oxygen atoms in total. The minimum absolute atomic E-state index is 0.0433. The minimum Gasteiger partial charge on any atom is -0.420 e. The van der Waals surface area contributed by atoms with E-state index in [2.05, 4.69) is 58.4 Å². The standard InChI is InChI=1S/C38H52N2O2/c1-24(2)26-14-17-37(32-40-39-31(42-32)25-10-8-7-9-11-25)21-18-33(3)27(30(26)37)12-13-28-34(33,4)19-22-38-23-20-36(38,6)29(41)15-16-35(28,38)5/h7-11,26-30,41H,1,12-23H2,2-6H3. The largest absolute Gasteiger partial charge is 0.420 e. The van der Waals surface area contributed by atoms with Gasteiger partial charge in [-0.15, -0.1) is 10.2 Å². The van der Waals surface area contributed by atoms with E-state index < -0.39 is 0 Å². The molecule has 1 spiro atoms. The first-order chi connectivity index (χ1) is 20.0. The van der Waals surface area contributed by atoms with Crippen LogP contribution in [0.4, 0.5) is 0 Å². The first-order valence-electron chi connectivity index (χ1n) is 17.2. The molecule has 6 saturated carbocycles. The molecule has 6 aliphatic carbocycles. The zero-order chi connectivity index (χ0) is 29.3. The molecule has 0 aliphatic heterocycles. The second-order valence-electron chi connectivity index (χ2n) is 17.0. The number of allylic oxidation sites excluding steroid dienone is 1. The molecule has 0 amide bonds. The van der Waals surface area contributed by atoms with Crippen molar-refractivity contribution in [3.05, 3.63) is 48.4 Å². The summed E-state index contributed by atoms with van der Waals surface area (Å²) in [6.45, 7) is 17.4. The number of hydrogen-bond acceptors (Lipinski definition) is 4. The van der Waals surface area contributed by atoms with Crippen molar-refractivity contribution in [2.24, 2.45) is 50.7 Å². The van der Waals surface area contributed by atoms with Crippen LogP contribution in [-0.2, 0) is 5.41 Å². The molecule has 42 heavy (non-hydrogen) atoms. The van der Waals surface area contributed by atoms with Crippen LogP contribution in [0.1, 0.15) is 118 Å². The fraction of sp³-hybridized carbons (Fsp3) is 0.737. The minimum atomic E-state index is -0.115. The van der Waals surface area contributed by atoms with Crippen molar-refractivity contribution in [2.75, 3.05) is 0 Å². The number of aromatic nitrogens is 2. The third-order valence-corrected chi connectivity index (χ3v) is 16.4. The van der Waals surface area contributed by atoms with Gasteiger partial charge in [-0.25, -0.2) is 0 Å². The zero-order valence-corrected chi connectivity index (χ0v) is 26.7. The molecule has 0 saturated heterocycles. The molecule has 1 N–H and O–H groups in total. The third-order valence-electron chi connectivity index (χ3n) is 16.4. The number of benzene rings is 1. The Balaban J connectivity index is 1.19. The van der Waals surface area contributed by atoms with Crippen LogP contribution in [0.2, 0.25) is 0 Å². The maximum Gasteiger partial charge on any atom is 0.247 e. The molecule has 0 bridgehead atoms. The van der Waals surface area contributed by atoms with Crippen LogP contribution in [0.25, 0.3) is 11.5 Å². The van der Waals surface area contributed by atoms with Crippen LogP contribution in [0.3, 0.4) is 0 Å². The fourth-order valence-electron chi connectivity index (χ4n) is 13.9. The van der Waals surface area contributed by atoms with E-state index >= 15 is 0 Å². The Morgan fingerprint density at radius 3 is 2.21 bits per heavy atom. The molecular formula is C38H52N2O2. The van der Waals surface area contributed by atoms with E-state index in [-0.39, 0.29) is 22.3 Å². The molecule has 11 atom stereocenters. The highest BCUT2D eigenvalue weighted by atomic mass is 16.4. The van der Waals surface area contributed by atoms with Crippen LogP contribution in [-0.4, -0.2) is 21.4 Å². The molecule has 1 heterocycles. The lowest BCUT2D eigenvalue weighted by Crippen LogP contribution is -2.74. The number of rotatable bonds is 3. The quantitative estimate of drug-likeness (QED) is 0.375. The summed E-state index contributed by atoms with van der Waals surface area (Å²) in [5.41, 5.74) is 3.69. The zero-order valence-electron chi connectivity index (χ0n) is 26.7. The number of nitrogens with zero attached hydrogens (tertiary/aromatic N) is 2. The molecular weight excluding hydrogens is 516 g/mol. The van der Waals surface area contributed by atoms with E-state index in [0.29, 0.717) is 39.9 Å². The Morgan fingerprint density at radius 1 is 0.786 bits per heavy atom. The Bertz CT molecular complexity index is 1420. The van der Waals surface area contributed by atoms with Crippen molar-refractivity contribution in [3.63, 3.8) is 0 Å². The highest BCUT2D eigenvalue weighted by Gasteiger charge is 2.77. The lowest BCUT2D eigenvalue weighted by atomic mass is 9.25. The number of aliphatic hydroxyl groups excluding tert-OH is 1. The maximum atomic E-state index is 11.3. The van der Waals surface area contributed by atoms with Gasteiger partial charge >= 0.3 is 0 Å². The van der Waals surface area contributed by atoms with E-state index in [1.165, 1.54) is 63.4 Å². The first-order valence-corrected chi connectivity index (χ1v) is 17.2. The summed E-state index contributed by atoms with van der Waals surface area (Å²) in [6, 6.07) is 10.3. The Labute approximate surface area is 253 Å². The predicted octanol–water partition coefficient (Wildman–Crippen LogP) is 9.15. The van der Waals surface area contributed by atoms with Crippen molar-refractivity contribution >= 4 is 0 Å². The normalized spacial score (nSPS) is 50.9. The Hall–Kier alpha value is -1.94. The fourth-order valence-corrected chi connectivity index (χ4v) is 13.9. The van der Waals surface area contributed by atoms with Crippen molar-refractivity contribution in [1.82, 2.24) is 10.2 Å². The van der Waals surface area contributed by atoms with Gasteiger partial charge in [-0.05, 0) is 147 Å². The Morgan fingerprint density at radius 2 is 1.50 bits per heavy atom. The van der Waals surface area contributed by atoms with Crippen LogP contribution >= 0.6 is 0 Å². The molecule has 6 fully saturated rings. The molecule has 1 aromatic carbocycles. The summed E-state index contributed by atoms with van der Waals surface area (Å²) in [5, 5.41) is 20.7. The second-order valence-corrected chi connectivity index (χ2v) is 17.0. The third kappa shape index (κ3) is 3.00. The Kier molecular flexibility index (Phi) is 5.66. The van der Waals surface area contributed by atoms with E-state index in [4.69, 9.17) is 9.52 Å². The summed E-state index contributed by atoms with van der Waals surface area (Å²) in [4.78, 5) is 0. The van der Waals surface area contributed by atoms with Gasteiger partial charge < -0.3 is 9.52 Å². The molecule has 8 rings (SSSR count). The molecule has 0 radical (unpaired) electrons. The number of hydrogen-bond donors (Lipinski definition) is 1. The summed E-state index contributed by atoms with van der Waals surface area (Å²) in [6.07, 6.45) is 14.6. The van der Waals surface area contributed by atoms with Gasteiger partial charge in [-0.3, -0.25) is 0 Å². The van der Waals surface area contributed by atoms with Gasteiger partial charge in [-0.2, -0.15) is 0 Å². The molecule has 2 aromatic rings. The van der Waals surface area contributed by atoms with Gasteiger partial charge in [0.05, 0.1) is 11.5 Å². The maximum absolute atomic E-state index is 11.3. The summed E-state index contributed by atoms with van der Waals surface area (Å²) in [7, 11) is 0. The van der Waals surface area contributed by atoms with E-state index in [9.17, 15) is 5.11 Å². The van der Waals surface area contributed by atoms with Crippen LogP contribution < -0.4 is 0 Å². The van der Waals surface area contributed by atoms with Gasteiger partial charge in [-0.1, -0.05) is 58.0 Å². The number of aliphatic hydroxyl groups is 1. The SMILES string of the molecule is C=C(C)C1CCC2(c3nnc(-c4ccccc4)o3)CCC3(C)C(CCC4C3(C)CCC35CCC3(C)C(O)CCC45C)C12. The average molecular weight is 569 g/mol. The lowest BCUT2D eigenvalue weighted by molar-refractivity contribution is -0.322. The summed E-state index contributed by atoms with van der Waals surface area (Å²) in [5.74, 6) is 3.97. The monoisotopic (exact) mass is 568 g/mol. The molecule has 6 aliphatic rings. The van der Waals surface area contributed by atoms with Gasteiger partial charge in [0.2, 0.25) is 11.8 Å². The van der Waals surface area contributed by atoms with Gasteiger partial charge in [0.1, 0.15) is 0 Å². The summed E-state index contributed by atoms with van der Waals surface area (Å²) < 4.78 is 6.65. The smallest absolute Gasteiger partial charge is 0.247 e. The van der Waals surface area contributed by atoms with E-state index in [1.54, 1.807) is 0 Å². The highest BCUT2D eigenvalue weighted by Crippen LogP contribution is 2.83. The average Bonchev–Trinajstić information content (AvgIpc) is 3.62. The summed E-state index contributed by atoms with van der Waals surface area (Å²) >= 11 is 0. The second kappa shape index (κ2) is 8.61. The van der Waals surface area contributed by atoms with Crippen molar-refractivity contribution in [2.45, 2.75) is 123 Å². The lowest BCUT2D eigenvalue weighted by Gasteiger charge is -2.80. The van der Waals surface area contributed by atoms with Crippen molar-refractivity contribution in [3.8, 4) is 11.5 Å². The topological polar surface area (TPSA) is 59.2 Å². The molecule has 1 aromatic heterocycles. The van der Waals surface area contributed by atoms with E-state index in [1.807, 2.05) is 18.2 Å². The van der Waals surface area contributed by atoms with Crippen molar-refractivity contribution < 1.29 is 9.52 Å². The van der Waals surface area contributed by atoms with Gasteiger partial charge in [0.15, 0.2) is 0 Å². The van der Waals surface area contributed by atoms with Crippen LogP contribution in [0, 0.1) is 50.7 Å².